The summed E-state index contributed by atoms with van der Waals surface area (Å²) in [6, 6.07) is 24.3. The predicted octanol–water partition coefficient (Wildman–Crippen LogP) is 6.36. The molecule has 170 valence electrons. The lowest BCUT2D eigenvalue weighted by Gasteiger charge is -2.24. The van der Waals surface area contributed by atoms with E-state index in [9.17, 15) is 4.79 Å². The average Bonchev–Trinajstić information content (AvgIpc) is 3.24. The van der Waals surface area contributed by atoms with Gasteiger partial charge < -0.3 is 14.6 Å². The number of hydrogen-bond acceptors (Lipinski definition) is 2. The normalized spacial score (nSPS) is 11.5. The van der Waals surface area contributed by atoms with Gasteiger partial charge in [0.2, 0.25) is 0 Å². The molecule has 0 aliphatic rings. The van der Waals surface area contributed by atoms with Crippen molar-refractivity contribution in [1.82, 2.24) is 9.88 Å². The third kappa shape index (κ3) is 5.28. The number of benzene rings is 3. The summed E-state index contributed by atoms with van der Waals surface area (Å²) in [4.78, 5) is 18.8. The second-order valence-corrected chi connectivity index (χ2v) is 9.51. The van der Waals surface area contributed by atoms with E-state index in [-0.39, 0.29) is 11.3 Å². The summed E-state index contributed by atoms with van der Waals surface area (Å²) < 4.78 is 5.25. The molecule has 1 amide bonds. The maximum absolute atomic E-state index is 13.5. The number of fused-ring (bicyclic) bond motifs is 1. The molecule has 0 unspecified atom stereocenters. The highest BCUT2D eigenvalue weighted by Crippen LogP contribution is 2.24. The van der Waals surface area contributed by atoms with E-state index in [1.54, 1.807) is 7.11 Å². The van der Waals surface area contributed by atoms with Gasteiger partial charge in [0.25, 0.3) is 5.91 Å². The first-order chi connectivity index (χ1) is 15.8. The molecule has 0 aliphatic heterocycles. The van der Waals surface area contributed by atoms with Crippen LogP contribution in [-0.4, -0.2) is 29.4 Å². The smallest absolute Gasteiger partial charge is 0.254 e. The van der Waals surface area contributed by atoms with Gasteiger partial charge in [-0.05, 0) is 58.9 Å². The SMILES string of the molecule is COc1ccc(C(=O)N(CCc2c[nH]c3ccccc23)Cc2ccc(C(C)(C)C)cc2)cc1. The average molecular weight is 441 g/mol. The Morgan fingerprint density at radius 1 is 0.939 bits per heavy atom. The molecule has 1 heterocycles. The van der Waals surface area contributed by atoms with Crippen LogP contribution in [0.2, 0.25) is 0 Å². The standard InChI is InChI=1S/C29H32N2O2/c1-29(2,3)24-13-9-21(10-14-24)20-31(28(32)22-11-15-25(33-4)16-12-22)18-17-23-19-30-27-8-6-5-7-26(23)27/h5-16,19,30H,17-18,20H2,1-4H3. The Morgan fingerprint density at radius 3 is 2.30 bits per heavy atom. The quantitative estimate of drug-likeness (QED) is 0.363. The van der Waals surface area contributed by atoms with E-state index in [4.69, 9.17) is 4.74 Å². The van der Waals surface area contributed by atoms with E-state index < -0.39 is 0 Å². The molecule has 4 rings (SSSR count). The summed E-state index contributed by atoms with van der Waals surface area (Å²) in [5.41, 5.74) is 5.54. The van der Waals surface area contributed by atoms with Crippen molar-refractivity contribution in [3.8, 4) is 5.75 Å². The van der Waals surface area contributed by atoms with Crippen LogP contribution in [0.1, 0.15) is 47.8 Å². The van der Waals surface area contributed by atoms with Gasteiger partial charge in [0.05, 0.1) is 7.11 Å². The van der Waals surface area contributed by atoms with Crippen molar-refractivity contribution in [1.29, 1.82) is 0 Å². The van der Waals surface area contributed by atoms with E-state index in [0.717, 1.165) is 23.3 Å². The fourth-order valence-electron chi connectivity index (χ4n) is 4.09. The minimum Gasteiger partial charge on any atom is -0.497 e. The molecule has 0 atom stereocenters. The number of para-hydroxylation sites is 1. The van der Waals surface area contributed by atoms with Crippen LogP contribution >= 0.6 is 0 Å². The fourth-order valence-corrected chi connectivity index (χ4v) is 4.09. The lowest BCUT2D eigenvalue weighted by atomic mass is 9.87. The largest absolute Gasteiger partial charge is 0.497 e. The Kier molecular flexibility index (Phi) is 6.55. The van der Waals surface area contributed by atoms with E-state index in [1.807, 2.05) is 35.2 Å². The van der Waals surface area contributed by atoms with Gasteiger partial charge in [0.1, 0.15) is 5.75 Å². The minimum atomic E-state index is 0.0254. The van der Waals surface area contributed by atoms with Gasteiger partial charge in [-0.25, -0.2) is 0 Å². The number of rotatable bonds is 7. The van der Waals surface area contributed by atoms with Crippen LogP contribution in [0.5, 0.6) is 5.75 Å². The van der Waals surface area contributed by atoms with Crippen molar-refractivity contribution >= 4 is 16.8 Å². The van der Waals surface area contributed by atoms with E-state index in [0.29, 0.717) is 18.7 Å². The zero-order chi connectivity index (χ0) is 23.4. The summed E-state index contributed by atoms with van der Waals surface area (Å²) in [6.45, 7) is 7.83. The Balaban J connectivity index is 1.57. The van der Waals surface area contributed by atoms with Gasteiger partial charge in [-0.15, -0.1) is 0 Å². The zero-order valence-corrected chi connectivity index (χ0v) is 19.9. The Morgan fingerprint density at radius 2 is 1.64 bits per heavy atom. The number of carbonyl (C=O) groups is 1. The van der Waals surface area contributed by atoms with Crippen molar-refractivity contribution < 1.29 is 9.53 Å². The number of H-pyrrole nitrogens is 1. The molecule has 0 bridgehead atoms. The highest BCUT2D eigenvalue weighted by atomic mass is 16.5. The Hall–Kier alpha value is -3.53. The van der Waals surface area contributed by atoms with Crippen LogP contribution in [0.4, 0.5) is 0 Å². The van der Waals surface area contributed by atoms with Gasteiger partial charge in [-0.3, -0.25) is 4.79 Å². The molecular weight excluding hydrogens is 408 g/mol. The van der Waals surface area contributed by atoms with Crippen LogP contribution < -0.4 is 4.74 Å². The summed E-state index contributed by atoms with van der Waals surface area (Å²) >= 11 is 0. The van der Waals surface area contributed by atoms with E-state index in [1.165, 1.54) is 16.5 Å². The third-order valence-electron chi connectivity index (χ3n) is 6.14. The second-order valence-electron chi connectivity index (χ2n) is 9.51. The molecule has 3 aromatic carbocycles. The van der Waals surface area contributed by atoms with Crippen molar-refractivity contribution in [2.75, 3.05) is 13.7 Å². The predicted molar refractivity (Wildman–Crippen MR) is 135 cm³/mol. The molecule has 0 spiro atoms. The number of aromatic nitrogens is 1. The van der Waals surface area contributed by atoms with Gasteiger partial charge in [-0.2, -0.15) is 0 Å². The minimum absolute atomic E-state index is 0.0254. The van der Waals surface area contributed by atoms with E-state index in [2.05, 4.69) is 74.4 Å². The molecule has 4 aromatic rings. The van der Waals surface area contributed by atoms with Gasteiger partial charge in [-0.1, -0.05) is 63.2 Å². The van der Waals surface area contributed by atoms with Crippen molar-refractivity contribution in [3.05, 3.63) is 101 Å². The van der Waals surface area contributed by atoms with Crippen LogP contribution in [-0.2, 0) is 18.4 Å². The lowest BCUT2D eigenvalue weighted by Crippen LogP contribution is -2.32. The summed E-state index contributed by atoms with van der Waals surface area (Å²) in [6.07, 6.45) is 2.84. The number of hydrogen-bond donors (Lipinski definition) is 1. The van der Waals surface area contributed by atoms with Crippen LogP contribution in [0.15, 0.2) is 79.0 Å². The van der Waals surface area contributed by atoms with Gasteiger partial charge in [0.15, 0.2) is 0 Å². The highest BCUT2D eigenvalue weighted by Gasteiger charge is 2.18. The molecule has 0 radical (unpaired) electrons. The second kappa shape index (κ2) is 9.53. The first kappa shape index (κ1) is 22.7. The molecule has 33 heavy (non-hydrogen) atoms. The van der Waals surface area contributed by atoms with E-state index >= 15 is 0 Å². The van der Waals surface area contributed by atoms with Crippen molar-refractivity contribution in [3.63, 3.8) is 0 Å². The fraction of sp³-hybridized carbons (Fsp3) is 0.276. The van der Waals surface area contributed by atoms with Gasteiger partial charge in [0, 0.05) is 35.8 Å². The molecule has 0 fully saturated rings. The molecule has 4 heteroatoms. The van der Waals surface area contributed by atoms with Crippen molar-refractivity contribution in [2.45, 2.75) is 39.2 Å². The summed E-state index contributed by atoms with van der Waals surface area (Å²) in [7, 11) is 1.63. The lowest BCUT2D eigenvalue weighted by molar-refractivity contribution is 0.0745. The van der Waals surface area contributed by atoms with Crippen LogP contribution in [0.3, 0.4) is 0 Å². The monoisotopic (exact) mass is 440 g/mol. The number of nitrogens with one attached hydrogen (secondary N) is 1. The number of methoxy groups -OCH3 is 1. The molecule has 1 N–H and O–H groups in total. The maximum Gasteiger partial charge on any atom is 0.254 e. The number of amides is 1. The number of nitrogens with zero attached hydrogens (tertiary/aromatic N) is 1. The number of carbonyl (C=O) groups excluding carboxylic acids is 1. The zero-order valence-electron chi connectivity index (χ0n) is 19.9. The molecule has 1 aromatic heterocycles. The Bertz CT molecular complexity index is 1220. The number of aromatic amines is 1. The molecule has 4 nitrogen and oxygen atoms in total. The first-order valence-electron chi connectivity index (χ1n) is 11.4. The molecule has 0 saturated carbocycles. The Labute approximate surface area is 196 Å². The summed E-state index contributed by atoms with van der Waals surface area (Å²) in [5.74, 6) is 0.770. The number of ether oxygens (including phenoxy) is 1. The van der Waals surface area contributed by atoms with Crippen LogP contribution in [0, 0.1) is 0 Å². The summed E-state index contributed by atoms with van der Waals surface area (Å²) in [5, 5.41) is 1.21. The first-order valence-corrected chi connectivity index (χ1v) is 11.4. The third-order valence-corrected chi connectivity index (χ3v) is 6.14. The molecule has 0 saturated heterocycles. The van der Waals surface area contributed by atoms with Gasteiger partial charge >= 0.3 is 0 Å². The maximum atomic E-state index is 13.5. The topological polar surface area (TPSA) is 45.3 Å². The van der Waals surface area contributed by atoms with Crippen LogP contribution in [0.25, 0.3) is 10.9 Å². The molecular formula is C29H32N2O2. The molecule has 0 aliphatic carbocycles. The van der Waals surface area contributed by atoms with Crippen molar-refractivity contribution in [2.24, 2.45) is 0 Å². The highest BCUT2D eigenvalue weighted by molar-refractivity contribution is 5.94.